The Morgan fingerprint density at radius 1 is 0.893 bits per heavy atom. The molecule has 0 atom stereocenters. The van der Waals surface area contributed by atoms with Gasteiger partial charge in [0.1, 0.15) is 0 Å². The van der Waals surface area contributed by atoms with Crippen molar-refractivity contribution in [3.63, 3.8) is 0 Å². The first-order valence-electron chi connectivity index (χ1n) is 9.80. The van der Waals surface area contributed by atoms with Crippen LogP contribution in [0.25, 0.3) is 0 Å². The number of benzene rings is 2. The Hall–Kier alpha value is -2.18. The number of amides is 1. The van der Waals surface area contributed by atoms with Crippen LogP contribution in [0.3, 0.4) is 0 Å². The number of carbonyl (C=O) groups is 1. The van der Waals surface area contributed by atoms with Crippen molar-refractivity contribution >= 4 is 21.6 Å². The Labute approximate surface area is 169 Å². The molecule has 0 saturated carbocycles. The zero-order valence-electron chi connectivity index (χ0n) is 17.2. The standard InChI is InChI=1S/C22H30N2O3S/c1-5-23(6-2)28(26,27)20-15-12-19(13-16-20)14-17-22(25)24(7-3)21-11-9-8-10-18(21)4/h8-13,15-16H,5-7,14,17H2,1-4H3. The fourth-order valence-corrected chi connectivity index (χ4v) is 4.73. The molecule has 0 aromatic heterocycles. The van der Waals surface area contributed by atoms with Crippen molar-refractivity contribution < 1.29 is 13.2 Å². The molecule has 5 nitrogen and oxygen atoms in total. The van der Waals surface area contributed by atoms with Crippen LogP contribution in [0.4, 0.5) is 5.69 Å². The van der Waals surface area contributed by atoms with Crippen molar-refractivity contribution in [1.29, 1.82) is 0 Å². The summed E-state index contributed by atoms with van der Waals surface area (Å²) in [5.41, 5.74) is 2.96. The number of sulfonamides is 1. The van der Waals surface area contributed by atoms with Gasteiger partial charge >= 0.3 is 0 Å². The molecule has 2 aromatic carbocycles. The average molecular weight is 403 g/mol. The number of aryl methyl sites for hydroxylation is 2. The Balaban J connectivity index is 2.07. The van der Waals surface area contributed by atoms with E-state index in [-0.39, 0.29) is 5.91 Å². The molecule has 152 valence electrons. The number of hydrogen-bond donors (Lipinski definition) is 0. The van der Waals surface area contributed by atoms with Crippen LogP contribution in [0.2, 0.25) is 0 Å². The smallest absolute Gasteiger partial charge is 0.243 e. The minimum absolute atomic E-state index is 0.0663. The summed E-state index contributed by atoms with van der Waals surface area (Å²) in [6.07, 6.45) is 0.955. The van der Waals surface area contributed by atoms with E-state index in [1.807, 2.05) is 52.0 Å². The molecule has 0 N–H and O–H groups in total. The second kappa shape index (κ2) is 9.85. The van der Waals surface area contributed by atoms with Crippen LogP contribution in [0, 0.1) is 6.92 Å². The highest BCUT2D eigenvalue weighted by Crippen LogP contribution is 2.21. The molecule has 0 unspecified atom stereocenters. The molecular weight excluding hydrogens is 372 g/mol. The van der Waals surface area contributed by atoms with Gasteiger partial charge in [0.2, 0.25) is 15.9 Å². The number of nitrogens with zero attached hydrogens (tertiary/aromatic N) is 2. The lowest BCUT2D eigenvalue weighted by atomic mass is 10.1. The van der Waals surface area contributed by atoms with Crippen LogP contribution in [0.15, 0.2) is 53.4 Å². The highest BCUT2D eigenvalue weighted by atomic mass is 32.2. The van der Waals surface area contributed by atoms with Gasteiger partial charge in [-0.15, -0.1) is 0 Å². The maximum absolute atomic E-state index is 12.7. The Morgan fingerprint density at radius 3 is 2.04 bits per heavy atom. The van der Waals surface area contributed by atoms with Crippen molar-refractivity contribution in [1.82, 2.24) is 4.31 Å². The van der Waals surface area contributed by atoms with E-state index in [2.05, 4.69) is 0 Å². The summed E-state index contributed by atoms with van der Waals surface area (Å²) in [6, 6.07) is 14.7. The Morgan fingerprint density at radius 2 is 1.50 bits per heavy atom. The first-order valence-corrected chi connectivity index (χ1v) is 11.2. The van der Waals surface area contributed by atoms with Crippen molar-refractivity contribution in [3.05, 3.63) is 59.7 Å². The van der Waals surface area contributed by atoms with E-state index in [0.29, 0.717) is 37.4 Å². The molecule has 0 aliphatic heterocycles. The number of para-hydroxylation sites is 1. The fraction of sp³-hybridized carbons (Fsp3) is 0.409. The van der Waals surface area contributed by atoms with Gasteiger partial charge in [-0.1, -0.05) is 44.2 Å². The third-order valence-electron chi connectivity index (χ3n) is 4.92. The minimum Gasteiger partial charge on any atom is -0.312 e. The average Bonchev–Trinajstić information content (AvgIpc) is 2.69. The van der Waals surface area contributed by atoms with Crippen LogP contribution in [-0.2, 0) is 21.2 Å². The normalized spacial score (nSPS) is 11.6. The van der Waals surface area contributed by atoms with E-state index in [4.69, 9.17) is 0 Å². The van der Waals surface area contributed by atoms with Crippen molar-refractivity contribution in [2.45, 2.75) is 45.4 Å². The molecule has 0 saturated heterocycles. The van der Waals surface area contributed by atoms with Gasteiger partial charge in [-0.05, 0) is 49.6 Å². The lowest BCUT2D eigenvalue weighted by Crippen LogP contribution is -2.31. The van der Waals surface area contributed by atoms with E-state index in [1.165, 1.54) is 4.31 Å². The SMILES string of the molecule is CCN(C(=O)CCc1ccc(S(=O)(=O)N(CC)CC)cc1)c1ccccc1C. The van der Waals surface area contributed by atoms with Crippen LogP contribution in [-0.4, -0.2) is 38.3 Å². The molecule has 6 heteroatoms. The molecule has 0 spiro atoms. The molecule has 2 rings (SSSR count). The molecule has 1 amide bonds. The summed E-state index contributed by atoms with van der Waals surface area (Å²) in [6.45, 7) is 9.13. The van der Waals surface area contributed by atoms with Gasteiger partial charge in [0.05, 0.1) is 4.90 Å². The molecule has 2 aromatic rings. The van der Waals surface area contributed by atoms with Gasteiger partial charge < -0.3 is 4.90 Å². The zero-order chi connectivity index (χ0) is 20.7. The maximum Gasteiger partial charge on any atom is 0.243 e. The number of rotatable bonds is 9. The summed E-state index contributed by atoms with van der Waals surface area (Å²) in [4.78, 5) is 14.8. The number of carbonyl (C=O) groups excluding carboxylic acids is 1. The Kier molecular flexibility index (Phi) is 7.78. The molecular formula is C22H30N2O3S. The quantitative estimate of drug-likeness (QED) is 0.637. The fourth-order valence-electron chi connectivity index (χ4n) is 3.27. The summed E-state index contributed by atoms with van der Waals surface area (Å²) < 4.78 is 26.5. The Bertz CT molecular complexity index is 888. The van der Waals surface area contributed by atoms with Crippen molar-refractivity contribution in [3.8, 4) is 0 Å². The maximum atomic E-state index is 12.7. The van der Waals surface area contributed by atoms with Crippen LogP contribution in [0.5, 0.6) is 0 Å². The van der Waals surface area contributed by atoms with Gasteiger partial charge in [0.25, 0.3) is 0 Å². The molecule has 0 fully saturated rings. The van der Waals surface area contributed by atoms with Crippen molar-refractivity contribution in [2.24, 2.45) is 0 Å². The third kappa shape index (κ3) is 5.00. The summed E-state index contributed by atoms with van der Waals surface area (Å²) in [5, 5.41) is 0. The van der Waals surface area contributed by atoms with E-state index < -0.39 is 10.0 Å². The predicted molar refractivity (Wildman–Crippen MR) is 114 cm³/mol. The summed E-state index contributed by atoms with van der Waals surface area (Å²) >= 11 is 0. The zero-order valence-corrected chi connectivity index (χ0v) is 18.0. The number of hydrogen-bond acceptors (Lipinski definition) is 3. The largest absolute Gasteiger partial charge is 0.312 e. The second-order valence-corrected chi connectivity index (χ2v) is 8.60. The predicted octanol–water partition coefficient (Wildman–Crippen LogP) is 4.01. The highest BCUT2D eigenvalue weighted by Gasteiger charge is 2.21. The van der Waals surface area contributed by atoms with Crippen LogP contribution < -0.4 is 4.90 Å². The number of anilines is 1. The van der Waals surface area contributed by atoms with Crippen LogP contribution in [0.1, 0.15) is 38.3 Å². The topological polar surface area (TPSA) is 57.7 Å². The lowest BCUT2D eigenvalue weighted by Gasteiger charge is -2.23. The summed E-state index contributed by atoms with van der Waals surface area (Å²) in [5.74, 6) is 0.0663. The molecule has 0 bridgehead atoms. The molecule has 0 aliphatic carbocycles. The van der Waals surface area contributed by atoms with E-state index in [0.717, 1.165) is 16.8 Å². The van der Waals surface area contributed by atoms with Gasteiger partial charge in [0.15, 0.2) is 0 Å². The first kappa shape index (κ1) is 22.1. The first-order chi connectivity index (χ1) is 13.3. The minimum atomic E-state index is -3.45. The van der Waals surface area contributed by atoms with Crippen LogP contribution >= 0.6 is 0 Å². The monoisotopic (exact) mass is 402 g/mol. The highest BCUT2D eigenvalue weighted by molar-refractivity contribution is 7.89. The van der Waals surface area contributed by atoms with Gasteiger partial charge in [-0.3, -0.25) is 4.79 Å². The van der Waals surface area contributed by atoms with E-state index >= 15 is 0 Å². The molecule has 0 aliphatic rings. The molecule has 0 heterocycles. The van der Waals surface area contributed by atoms with Crippen molar-refractivity contribution in [2.75, 3.05) is 24.5 Å². The molecule has 28 heavy (non-hydrogen) atoms. The van der Waals surface area contributed by atoms with Gasteiger partial charge in [0, 0.05) is 31.7 Å². The van der Waals surface area contributed by atoms with Gasteiger partial charge in [-0.25, -0.2) is 8.42 Å². The second-order valence-electron chi connectivity index (χ2n) is 6.66. The van der Waals surface area contributed by atoms with Gasteiger partial charge in [-0.2, -0.15) is 4.31 Å². The third-order valence-corrected chi connectivity index (χ3v) is 6.98. The van der Waals surface area contributed by atoms with E-state index in [9.17, 15) is 13.2 Å². The molecule has 0 radical (unpaired) electrons. The summed E-state index contributed by atoms with van der Waals surface area (Å²) in [7, 11) is -3.45. The lowest BCUT2D eigenvalue weighted by molar-refractivity contribution is -0.118. The van der Waals surface area contributed by atoms with E-state index in [1.54, 1.807) is 29.2 Å².